The van der Waals surface area contributed by atoms with Crippen LogP contribution in [0.15, 0.2) is 40.2 Å². The van der Waals surface area contributed by atoms with Crippen LogP contribution in [0.5, 0.6) is 0 Å². The maximum absolute atomic E-state index is 14.4. The van der Waals surface area contributed by atoms with E-state index in [9.17, 15) is 25.0 Å². The zero-order valence-electron chi connectivity index (χ0n) is 20.0. The number of alkyl halides is 3. The van der Waals surface area contributed by atoms with Crippen LogP contribution in [0.3, 0.4) is 0 Å². The lowest BCUT2D eigenvalue weighted by Crippen LogP contribution is -2.74. The lowest BCUT2D eigenvalue weighted by atomic mass is 9.56. The molecule has 1 unspecified atom stereocenters. The minimum Gasteiger partial charge on any atom is -0.711 e. The quantitative estimate of drug-likeness (QED) is 0.293. The molecule has 1 saturated carbocycles. The molecule has 2 fully saturated rings. The van der Waals surface area contributed by atoms with Gasteiger partial charge in [-0.05, 0) is 50.9 Å². The van der Waals surface area contributed by atoms with Crippen molar-refractivity contribution in [3.8, 4) is 0 Å². The standard InChI is InChI=1S/C25H28Cl3N2O5/c1-11-6-7-15(26)22(2,3)12(11)9-25-21(34)18-17(13(31)8-14(32)19(18)30-29)20(33)24(25,28)10-16(27)23(4,5)35-25/h8,12,15-16,19,31H,1,6-7,9-10H2,2-5H3/q-1/t12-,15+,16-,19?,24+,25+/m1/s1. The summed E-state index contributed by atoms with van der Waals surface area (Å²) in [6.45, 7) is 11.6. The molecule has 1 saturated heterocycles. The van der Waals surface area contributed by atoms with E-state index in [2.05, 4.69) is 11.7 Å². The third-order valence-corrected chi connectivity index (χ3v) is 10.5. The average molecular weight is 543 g/mol. The van der Waals surface area contributed by atoms with Crippen molar-refractivity contribution in [3.05, 3.63) is 40.7 Å². The Bertz CT molecular complexity index is 1130. The van der Waals surface area contributed by atoms with Crippen molar-refractivity contribution in [1.82, 2.24) is 0 Å². The first-order chi connectivity index (χ1) is 16.0. The smallest absolute Gasteiger partial charge is 0.196 e. The minimum atomic E-state index is -1.98. The predicted molar refractivity (Wildman–Crippen MR) is 133 cm³/mol. The van der Waals surface area contributed by atoms with Crippen LogP contribution in [-0.2, 0) is 19.1 Å². The van der Waals surface area contributed by atoms with Crippen LogP contribution in [0.1, 0.15) is 53.4 Å². The van der Waals surface area contributed by atoms with Gasteiger partial charge in [-0.25, -0.2) is 0 Å². The van der Waals surface area contributed by atoms with Crippen LogP contribution in [0.25, 0.3) is 5.53 Å². The van der Waals surface area contributed by atoms with E-state index in [0.717, 1.165) is 11.6 Å². The summed E-state index contributed by atoms with van der Waals surface area (Å²) in [5.41, 5.74) is 6.02. The molecule has 10 heteroatoms. The number of allylic oxidation sites excluding steroid dienone is 2. The number of aliphatic hydroxyl groups excluding tert-OH is 1. The number of rotatable bonds is 3. The molecule has 7 nitrogen and oxygen atoms in total. The highest BCUT2D eigenvalue weighted by Gasteiger charge is 2.72. The van der Waals surface area contributed by atoms with Crippen molar-refractivity contribution >= 4 is 52.2 Å². The van der Waals surface area contributed by atoms with Gasteiger partial charge in [0.15, 0.2) is 23.0 Å². The number of aliphatic hydroxyl groups is 1. The second-order valence-corrected chi connectivity index (χ2v) is 12.8. The molecule has 0 aromatic rings. The molecule has 0 spiro atoms. The summed E-state index contributed by atoms with van der Waals surface area (Å²) < 4.78 is 6.47. The highest BCUT2D eigenvalue weighted by Crippen LogP contribution is 2.60. The average Bonchev–Trinajstić information content (AvgIpc) is 2.75. The number of ether oxygens (including phenoxy) is 1. The van der Waals surface area contributed by atoms with Gasteiger partial charge < -0.3 is 20.5 Å². The number of hydrogen-bond donors (Lipinski definition) is 1. The summed E-state index contributed by atoms with van der Waals surface area (Å²) in [7, 11) is 0. The molecule has 6 atom stereocenters. The van der Waals surface area contributed by atoms with Crippen LogP contribution in [0.2, 0.25) is 0 Å². The molecule has 4 aliphatic rings. The molecule has 190 valence electrons. The summed E-state index contributed by atoms with van der Waals surface area (Å²) in [5.74, 6) is -3.49. The molecule has 0 aromatic heterocycles. The predicted octanol–water partition coefficient (Wildman–Crippen LogP) is 5.36. The van der Waals surface area contributed by atoms with Crippen LogP contribution < -0.4 is 0 Å². The summed E-state index contributed by atoms with van der Waals surface area (Å²) >= 11 is 20.4. The van der Waals surface area contributed by atoms with Crippen LogP contribution in [0, 0.1) is 11.3 Å². The Kier molecular flexibility index (Phi) is 6.24. The van der Waals surface area contributed by atoms with Gasteiger partial charge in [-0.15, -0.1) is 34.8 Å². The molecule has 0 radical (unpaired) electrons. The number of carbonyl (C=O) groups excluding carboxylic acids is 3. The molecule has 0 aromatic carbocycles. The second kappa shape index (κ2) is 8.23. The fourth-order valence-electron chi connectivity index (χ4n) is 6.06. The number of nitrogens with zero attached hydrogens (tertiary/aromatic N) is 2. The summed E-state index contributed by atoms with van der Waals surface area (Å²) in [5, 5.41) is 12.6. The largest absolute Gasteiger partial charge is 0.711 e. The highest BCUT2D eigenvalue weighted by atomic mass is 35.5. The molecular formula is C25H28Cl3N2O5-. The number of halogens is 3. The number of Topliss-reactive ketones (excluding diaryl/α,β-unsaturated/α-hetero) is 2. The second-order valence-electron chi connectivity index (χ2n) is 11.1. The third-order valence-electron chi connectivity index (χ3n) is 8.36. The maximum atomic E-state index is 14.4. The summed E-state index contributed by atoms with van der Waals surface area (Å²) in [6, 6.07) is -1.68. The molecule has 1 heterocycles. The topological polar surface area (TPSA) is 115 Å². The molecular weight excluding hydrogens is 515 g/mol. The monoisotopic (exact) mass is 541 g/mol. The number of fused-ring (bicyclic) bond motifs is 1. The summed E-state index contributed by atoms with van der Waals surface area (Å²) in [4.78, 5) is 39.0. The lowest BCUT2D eigenvalue weighted by Gasteiger charge is -2.59. The van der Waals surface area contributed by atoms with Gasteiger partial charge in [-0.3, -0.25) is 14.4 Å². The molecule has 4 rings (SSSR count). The Morgan fingerprint density at radius 1 is 1.17 bits per heavy atom. The Labute approximate surface area is 219 Å². The number of ketones is 3. The van der Waals surface area contributed by atoms with Gasteiger partial charge >= 0.3 is 0 Å². The van der Waals surface area contributed by atoms with Gasteiger partial charge in [-0.1, -0.05) is 26.0 Å². The van der Waals surface area contributed by atoms with Gasteiger partial charge in [0, 0.05) is 17.0 Å². The van der Waals surface area contributed by atoms with E-state index in [1.54, 1.807) is 13.8 Å². The van der Waals surface area contributed by atoms with Crippen molar-refractivity contribution < 1.29 is 24.2 Å². The Morgan fingerprint density at radius 3 is 2.40 bits per heavy atom. The molecule has 35 heavy (non-hydrogen) atoms. The zero-order valence-corrected chi connectivity index (χ0v) is 22.3. The Balaban J connectivity index is 1.99. The van der Waals surface area contributed by atoms with Gasteiger partial charge in [0.25, 0.3) is 0 Å². The number of carbonyl (C=O) groups is 3. The van der Waals surface area contributed by atoms with Crippen molar-refractivity contribution in [2.45, 2.75) is 86.3 Å². The lowest BCUT2D eigenvalue weighted by molar-refractivity contribution is -0.203. The Morgan fingerprint density at radius 2 is 1.80 bits per heavy atom. The zero-order chi connectivity index (χ0) is 26.3. The number of hydrogen-bond acceptors (Lipinski definition) is 6. The van der Waals surface area contributed by atoms with Crippen LogP contribution >= 0.6 is 34.8 Å². The summed E-state index contributed by atoms with van der Waals surface area (Å²) in [6.07, 6.45) is 1.92. The fourth-order valence-corrected chi connectivity index (χ4v) is 7.12. The van der Waals surface area contributed by atoms with Gasteiger partial charge in [0.1, 0.15) is 16.7 Å². The van der Waals surface area contributed by atoms with Crippen molar-refractivity contribution in [2.24, 2.45) is 16.4 Å². The molecule has 1 N–H and O–H groups in total. The van der Waals surface area contributed by atoms with E-state index in [4.69, 9.17) is 39.5 Å². The SMILES string of the molecule is C=C1CC[C@H](Cl)C(C)(C)[C@@H]1C[C@@]12OC(C)(C)[C@H](Cl)C[C@]1(Cl)C(=O)C1=C(C2=O)C(N=[N-])C(=O)C=C1O. The normalized spacial score (nSPS) is 40.7. The van der Waals surface area contributed by atoms with Crippen LogP contribution in [0.4, 0.5) is 0 Å². The van der Waals surface area contributed by atoms with E-state index in [1.807, 2.05) is 13.8 Å². The molecule has 0 bridgehead atoms. The maximum Gasteiger partial charge on any atom is 0.196 e. The van der Waals surface area contributed by atoms with E-state index >= 15 is 0 Å². The van der Waals surface area contributed by atoms with Crippen molar-refractivity contribution in [2.75, 3.05) is 0 Å². The Hall–Kier alpha value is -1.54. The van der Waals surface area contributed by atoms with Crippen LogP contribution in [-0.4, -0.2) is 55.3 Å². The van der Waals surface area contributed by atoms with E-state index < -0.39 is 67.2 Å². The van der Waals surface area contributed by atoms with Gasteiger partial charge in [-0.2, -0.15) is 0 Å². The van der Waals surface area contributed by atoms with Crippen molar-refractivity contribution in [3.63, 3.8) is 0 Å². The fraction of sp³-hybridized carbons (Fsp3) is 0.640. The molecule has 1 aliphatic heterocycles. The van der Waals surface area contributed by atoms with E-state index in [0.29, 0.717) is 12.8 Å². The first-order valence-corrected chi connectivity index (χ1v) is 12.8. The molecule has 0 amide bonds. The third kappa shape index (κ3) is 3.52. The minimum absolute atomic E-state index is 0.0449. The first-order valence-electron chi connectivity index (χ1n) is 11.5. The van der Waals surface area contributed by atoms with Crippen molar-refractivity contribution in [1.29, 1.82) is 0 Å². The molecule has 3 aliphatic carbocycles. The first kappa shape index (κ1) is 26.5. The highest BCUT2D eigenvalue weighted by molar-refractivity contribution is 6.45. The van der Waals surface area contributed by atoms with E-state index in [-0.39, 0.29) is 24.1 Å². The van der Waals surface area contributed by atoms with E-state index in [1.165, 1.54) is 0 Å². The van der Waals surface area contributed by atoms with Gasteiger partial charge in [0.05, 0.1) is 16.6 Å². The van der Waals surface area contributed by atoms with Gasteiger partial charge in [0.2, 0.25) is 0 Å².